The summed E-state index contributed by atoms with van der Waals surface area (Å²) in [7, 11) is 0. The molecule has 0 amide bonds. The van der Waals surface area contributed by atoms with Gasteiger partial charge in [0.05, 0.1) is 5.56 Å². The quantitative estimate of drug-likeness (QED) is 0.752. The smallest absolute Gasteiger partial charge is 0.137 e. The molecule has 0 aliphatic heterocycles. The van der Waals surface area contributed by atoms with Crippen molar-refractivity contribution in [2.45, 2.75) is 6.92 Å². The van der Waals surface area contributed by atoms with Crippen LogP contribution in [-0.4, -0.2) is 13.2 Å². The van der Waals surface area contributed by atoms with Crippen LogP contribution in [0, 0.1) is 18.3 Å². The van der Waals surface area contributed by atoms with Crippen molar-refractivity contribution in [3.8, 4) is 11.8 Å². The summed E-state index contributed by atoms with van der Waals surface area (Å²) in [5.74, 6) is 0.618. The fraction of sp³-hybridized carbons (Fsp3) is 0.300. The summed E-state index contributed by atoms with van der Waals surface area (Å²) in [6.07, 6.45) is 0. The number of aryl methyl sites for hydroxylation is 1. The standard InChI is InChI=1S/C10H12N2O/c1-8-3-2-4-10(9(8)7-12)13-6-5-11/h2-4H,5-6,11H2,1H3. The van der Waals surface area contributed by atoms with E-state index in [9.17, 15) is 0 Å². The molecule has 3 nitrogen and oxygen atoms in total. The number of hydrogen-bond acceptors (Lipinski definition) is 3. The zero-order valence-electron chi connectivity index (χ0n) is 7.58. The Morgan fingerprint density at radius 1 is 1.54 bits per heavy atom. The molecule has 0 heterocycles. The molecule has 68 valence electrons. The maximum Gasteiger partial charge on any atom is 0.137 e. The first kappa shape index (κ1) is 9.56. The minimum absolute atomic E-state index is 0.443. The molecule has 0 aromatic heterocycles. The van der Waals surface area contributed by atoms with Crippen LogP contribution in [0.5, 0.6) is 5.75 Å². The molecule has 0 radical (unpaired) electrons. The number of ether oxygens (including phenoxy) is 1. The first-order valence-corrected chi connectivity index (χ1v) is 4.12. The summed E-state index contributed by atoms with van der Waals surface area (Å²) < 4.78 is 5.31. The SMILES string of the molecule is Cc1cccc(OCCN)c1C#N. The molecule has 1 aromatic rings. The third kappa shape index (κ3) is 2.20. The molecule has 0 aliphatic rings. The summed E-state index contributed by atoms with van der Waals surface area (Å²) in [5.41, 5.74) is 6.82. The molecule has 3 heteroatoms. The fourth-order valence-corrected chi connectivity index (χ4v) is 1.07. The third-order valence-corrected chi connectivity index (χ3v) is 1.72. The van der Waals surface area contributed by atoms with Gasteiger partial charge in [-0.15, -0.1) is 0 Å². The average molecular weight is 176 g/mol. The van der Waals surface area contributed by atoms with Gasteiger partial charge in [0.15, 0.2) is 0 Å². The molecular weight excluding hydrogens is 164 g/mol. The number of nitrogens with zero attached hydrogens (tertiary/aromatic N) is 1. The summed E-state index contributed by atoms with van der Waals surface area (Å²) >= 11 is 0. The molecule has 0 aliphatic carbocycles. The maximum absolute atomic E-state index is 8.84. The van der Waals surface area contributed by atoms with Gasteiger partial charge in [-0.05, 0) is 18.6 Å². The van der Waals surface area contributed by atoms with Crippen molar-refractivity contribution in [1.29, 1.82) is 5.26 Å². The van der Waals surface area contributed by atoms with Crippen LogP contribution in [0.1, 0.15) is 11.1 Å². The highest BCUT2D eigenvalue weighted by atomic mass is 16.5. The fourth-order valence-electron chi connectivity index (χ4n) is 1.07. The molecular formula is C10H12N2O. The van der Waals surface area contributed by atoms with Gasteiger partial charge in [-0.3, -0.25) is 0 Å². The van der Waals surface area contributed by atoms with Crippen molar-refractivity contribution >= 4 is 0 Å². The minimum atomic E-state index is 0.443. The predicted octanol–water partition coefficient (Wildman–Crippen LogP) is 1.20. The molecule has 1 aromatic carbocycles. The summed E-state index contributed by atoms with van der Waals surface area (Å²) in [4.78, 5) is 0. The number of rotatable bonds is 3. The first-order valence-electron chi connectivity index (χ1n) is 4.12. The van der Waals surface area contributed by atoms with E-state index in [0.29, 0.717) is 24.5 Å². The van der Waals surface area contributed by atoms with Crippen LogP contribution in [0.4, 0.5) is 0 Å². The van der Waals surface area contributed by atoms with Gasteiger partial charge in [-0.25, -0.2) is 0 Å². The Labute approximate surface area is 77.7 Å². The largest absolute Gasteiger partial charge is 0.491 e. The van der Waals surface area contributed by atoms with E-state index in [1.807, 2.05) is 19.1 Å². The van der Waals surface area contributed by atoms with Crippen LogP contribution >= 0.6 is 0 Å². The van der Waals surface area contributed by atoms with Crippen LogP contribution in [0.3, 0.4) is 0 Å². The lowest BCUT2D eigenvalue weighted by Crippen LogP contribution is -2.11. The van der Waals surface area contributed by atoms with Gasteiger partial charge in [0.25, 0.3) is 0 Å². The van der Waals surface area contributed by atoms with E-state index in [4.69, 9.17) is 15.7 Å². The Balaban J connectivity index is 2.93. The zero-order chi connectivity index (χ0) is 9.68. The highest BCUT2D eigenvalue weighted by molar-refractivity contribution is 5.48. The van der Waals surface area contributed by atoms with Crippen LogP contribution in [0.25, 0.3) is 0 Å². The van der Waals surface area contributed by atoms with E-state index >= 15 is 0 Å². The Morgan fingerprint density at radius 3 is 2.92 bits per heavy atom. The monoisotopic (exact) mass is 176 g/mol. The summed E-state index contributed by atoms with van der Waals surface area (Å²) in [6, 6.07) is 7.63. The average Bonchev–Trinajstić information content (AvgIpc) is 2.15. The molecule has 0 fully saturated rings. The lowest BCUT2D eigenvalue weighted by molar-refractivity contribution is 0.327. The lowest BCUT2D eigenvalue weighted by atomic mass is 10.1. The molecule has 1 rings (SSSR count). The normalized spacial score (nSPS) is 9.31. The molecule has 0 spiro atoms. The van der Waals surface area contributed by atoms with E-state index in [1.165, 1.54) is 0 Å². The maximum atomic E-state index is 8.84. The van der Waals surface area contributed by atoms with Crippen LogP contribution in [-0.2, 0) is 0 Å². The van der Waals surface area contributed by atoms with Gasteiger partial charge in [0, 0.05) is 6.54 Å². The highest BCUT2D eigenvalue weighted by Gasteiger charge is 2.04. The Hall–Kier alpha value is -1.53. The molecule has 0 atom stereocenters. The van der Waals surface area contributed by atoms with Gasteiger partial charge in [-0.2, -0.15) is 5.26 Å². The van der Waals surface area contributed by atoms with Crippen molar-refractivity contribution in [1.82, 2.24) is 0 Å². The van der Waals surface area contributed by atoms with E-state index in [1.54, 1.807) is 6.07 Å². The number of hydrogen-bond donors (Lipinski definition) is 1. The van der Waals surface area contributed by atoms with E-state index in [-0.39, 0.29) is 0 Å². The topological polar surface area (TPSA) is 59.0 Å². The molecule has 0 bridgehead atoms. The first-order chi connectivity index (χ1) is 6.29. The van der Waals surface area contributed by atoms with Crippen molar-refractivity contribution in [2.24, 2.45) is 5.73 Å². The van der Waals surface area contributed by atoms with Crippen molar-refractivity contribution in [3.05, 3.63) is 29.3 Å². The van der Waals surface area contributed by atoms with Gasteiger partial charge < -0.3 is 10.5 Å². The molecule has 13 heavy (non-hydrogen) atoms. The molecule has 2 N–H and O–H groups in total. The van der Waals surface area contributed by atoms with Crippen LogP contribution in [0.15, 0.2) is 18.2 Å². The van der Waals surface area contributed by atoms with Gasteiger partial charge in [0.1, 0.15) is 18.4 Å². The Kier molecular flexibility index (Phi) is 3.30. The second-order valence-corrected chi connectivity index (χ2v) is 2.70. The Morgan fingerprint density at radius 2 is 2.31 bits per heavy atom. The molecule has 0 saturated carbocycles. The van der Waals surface area contributed by atoms with E-state index in [2.05, 4.69) is 6.07 Å². The lowest BCUT2D eigenvalue weighted by Gasteiger charge is -2.07. The summed E-state index contributed by atoms with van der Waals surface area (Å²) in [5, 5.41) is 8.84. The number of nitrogens with two attached hydrogens (primary N) is 1. The third-order valence-electron chi connectivity index (χ3n) is 1.72. The Bertz CT molecular complexity index is 328. The van der Waals surface area contributed by atoms with Gasteiger partial charge in [-0.1, -0.05) is 12.1 Å². The zero-order valence-corrected chi connectivity index (χ0v) is 7.58. The predicted molar refractivity (Wildman–Crippen MR) is 50.4 cm³/mol. The number of nitriles is 1. The number of benzene rings is 1. The molecule has 0 saturated heterocycles. The van der Waals surface area contributed by atoms with E-state index in [0.717, 1.165) is 5.56 Å². The van der Waals surface area contributed by atoms with Crippen molar-refractivity contribution in [2.75, 3.05) is 13.2 Å². The summed E-state index contributed by atoms with van der Waals surface area (Å²) in [6.45, 7) is 2.78. The minimum Gasteiger partial charge on any atom is -0.491 e. The van der Waals surface area contributed by atoms with Crippen LogP contribution < -0.4 is 10.5 Å². The highest BCUT2D eigenvalue weighted by Crippen LogP contribution is 2.20. The van der Waals surface area contributed by atoms with Gasteiger partial charge >= 0.3 is 0 Å². The van der Waals surface area contributed by atoms with Crippen molar-refractivity contribution < 1.29 is 4.74 Å². The second-order valence-electron chi connectivity index (χ2n) is 2.70. The second kappa shape index (κ2) is 4.48. The van der Waals surface area contributed by atoms with Gasteiger partial charge in [0.2, 0.25) is 0 Å². The molecule has 0 unspecified atom stereocenters. The van der Waals surface area contributed by atoms with E-state index < -0.39 is 0 Å². The van der Waals surface area contributed by atoms with Crippen LogP contribution in [0.2, 0.25) is 0 Å². The van der Waals surface area contributed by atoms with Crippen molar-refractivity contribution in [3.63, 3.8) is 0 Å².